The van der Waals surface area contributed by atoms with Crippen LogP contribution < -0.4 is 0 Å². The molecule has 0 atom stereocenters. The molecule has 0 saturated carbocycles. The number of fused-ring (bicyclic) bond motifs is 1. The predicted molar refractivity (Wildman–Crippen MR) is 107 cm³/mol. The Kier molecular flexibility index (Phi) is 4.61. The van der Waals surface area contributed by atoms with E-state index in [1.807, 2.05) is 0 Å². The summed E-state index contributed by atoms with van der Waals surface area (Å²) in [4.78, 5) is 21.1. The van der Waals surface area contributed by atoms with Gasteiger partial charge in [0.15, 0.2) is 0 Å². The van der Waals surface area contributed by atoms with E-state index >= 15 is 0 Å². The van der Waals surface area contributed by atoms with E-state index < -0.39 is 9.85 Å². The lowest BCUT2D eigenvalue weighted by Crippen LogP contribution is -2.04. The number of nitro groups is 2. The quantitative estimate of drug-likeness (QED) is 0.432. The van der Waals surface area contributed by atoms with Crippen LogP contribution in [0.5, 0.6) is 0 Å². The van der Waals surface area contributed by atoms with Crippen LogP contribution in [0.2, 0.25) is 0 Å². The standard InChI is InChI=1S/C22H18N2O4/c25-23(26)19-9-5-15(6-10-19)21-13-17-3-1-2-4-18(17)14-22(21)16-7-11-20(12-8-16)24(27)28/h5-14H,1-4H2. The molecule has 0 saturated heterocycles. The van der Waals surface area contributed by atoms with E-state index in [1.165, 1.54) is 35.4 Å². The van der Waals surface area contributed by atoms with Crippen LogP contribution in [0.1, 0.15) is 24.0 Å². The zero-order valence-electron chi connectivity index (χ0n) is 15.1. The maximum atomic E-state index is 11.0. The first-order valence-corrected chi connectivity index (χ1v) is 9.18. The summed E-state index contributed by atoms with van der Waals surface area (Å²) < 4.78 is 0. The topological polar surface area (TPSA) is 86.3 Å². The first kappa shape index (κ1) is 17.9. The van der Waals surface area contributed by atoms with Crippen LogP contribution in [0.3, 0.4) is 0 Å². The van der Waals surface area contributed by atoms with Crippen LogP contribution in [0.4, 0.5) is 11.4 Å². The summed E-state index contributed by atoms with van der Waals surface area (Å²) in [7, 11) is 0. The molecule has 0 bridgehead atoms. The average molecular weight is 374 g/mol. The lowest BCUT2D eigenvalue weighted by atomic mass is 9.84. The molecule has 3 aromatic rings. The van der Waals surface area contributed by atoms with E-state index in [1.54, 1.807) is 24.3 Å². The number of hydrogen-bond acceptors (Lipinski definition) is 4. The molecule has 4 rings (SSSR count). The van der Waals surface area contributed by atoms with Gasteiger partial charge in [0.1, 0.15) is 0 Å². The van der Waals surface area contributed by atoms with Gasteiger partial charge in [-0.05, 0) is 83.3 Å². The van der Waals surface area contributed by atoms with E-state index in [9.17, 15) is 20.2 Å². The zero-order chi connectivity index (χ0) is 19.7. The molecule has 0 amide bonds. The van der Waals surface area contributed by atoms with Crippen molar-refractivity contribution in [2.45, 2.75) is 25.7 Å². The Morgan fingerprint density at radius 2 is 0.964 bits per heavy atom. The molecule has 3 aromatic carbocycles. The van der Waals surface area contributed by atoms with Crippen molar-refractivity contribution in [3.8, 4) is 22.3 Å². The fourth-order valence-electron chi connectivity index (χ4n) is 3.79. The summed E-state index contributed by atoms with van der Waals surface area (Å²) in [6, 6.07) is 17.4. The second kappa shape index (κ2) is 7.23. The summed E-state index contributed by atoms with van der Waals surface area (Å²) in [5.74, 6) is 0. The fourth-order valence-corrected chi connectivity index (χ4v) is 3.79. The molecule has 28 heavy (non-hydrogen) atoms. The number of nitro benzene ring substituents is 2. The Morgan fingerprint density at radius 3 is 1.29 bits per heavy atom. The molecule has 6 heteroatoms. The lowest BCUT2D eigenvalue weighted by molar-refractivity contribution is -0.385. The van der Waals surface area contributed by atoms with E-state index in [4.69, 9.17) is 0 Å². The highest BCUT2D eigenvalue weighted by Crippen LogP contribution is 2.38. The molecule has 1 aliphatic rings. The smallest absolute Gasteiger partial charge is 0.258 e. The molecule has 0 heterocycles. The lowest BCUT2D eigenvalue weighted by Gasteiger charge is -2.20. The van der Waals surface area contributed by atoms with Crippen molar-refractivity contribution < 1.29 is 9.85 Å². The highest BCUT2D eigenvalue weighted by molar-refractivity contribution is 5.85. The van der Waals surface area contributed by atoms with E-state index in [0.29, 0.717) is 0 Å². The Balaban J connectivity index is 1.86. The number of benzene rings is 3. The monoisotopic (exact) mass is 374 g/mol. The summed E-state index contributed by atoms with van der Waals surface area (Å²) in [6.45, 7) is 0. The van der Waals surface area contributed by atoms with Gasteiger partial charge in [0.05, 0.1) is 9.85 Å². The predicted octanol–water partition coefficient (Wildman–Crippen LogP) is 5.72. The summed E-state index contributed by atoms with van der Waals surface area (Å²) in [6.07, 6.45) is 4.36. The molecule has 0 spiro atoms. The van der Waals surface area contributed by atoms with Crippen LogP contribution in [0, 0.1) is 20.2 Å². The number of rotatable bonds is 4. The van der Waals surface area contributed by atoms with Crippen LogP contribution in [0.25, 0.3) is 22.3 Å². The first-order chi connectivity index (χ1) is 13.5. The maximum Gasteiger partial charge on any atom is 0.269 e. The van der Waals surface area contributed by atoms with E-state index in [0.717, 1.165) is 47.9 Å². The SMILES string of the molecule is O=[N+]([O-])c1ccc(-c2cc3c(cc2-c2ccc([N+](=O)[O-])cc2)CCCC3)cc1. The highest BCUT2D eigenvalue weighted by atomic mass is 16.6. The van der Waals surface area contributed by atoms with Crippen LogP contribution >= 0.6 is 0 Å². The van der Waals surface area contributed by atoms with Crippen molar-refractivity contribution in [2.24, 2.45) is 0 Å². The molecule has 1 aliphatic carbocycles. The van der Waals surface area contributed by atoms with Gasteiger partial charge < -0.3 is 0 Å². The summed E-state index contributed by atoms with van der Waals surface area (Å²) in [5, 5.41) is 21.9. The largest absolute Gasteiger partial charge is 0.269 e. The molecule has 0 aliphatic heterocycles. The van der Waals surface area contributed by atoms with Crippen LogP contribution in [0.15, 0.2) is 60.7 Å². The van der Waals surface area contributed by atoms with Gasteiger partial charge >= 0.3 is 0 Å². The van der Waals surface area contributed by atoms with E-state index in [-0.39, 0.29) is 11.4 Å². The van der Waals surface area contributed by atoms with Crippen LogP contribution in [-0.4, -0.2) is 9.85 Å². The molecule has 0 aromatic heterocycles. The number of nitrogens with zero attached hydrogens (tertiary/aromatic N) is 2. The maximum absolute atomic E-state index is 11.0. The van der Waals surface area contributed by atoms with E-state index in [2.05, 4.69) is 12.1 Å². The molecular weight excluding hydrogens is 356 g/mol. The van der Waals surface area contributed by atoms with Crippen molar-refractivity contribution in [3.63, 3.8) is 0 Å². The van der Waals surface area contributed by atoms with Gasteiger partial charge in [-0.3, -0.25) is 20.2 Å². The summed E-state index contributed by atoms with van der Waals surface area (Å²) in [5.41, 5.74) is 6.50. The number of aryl methyl sites for hydroxylation is 2. The molecule has 0 radical (unpaired) electrons. The summed E-state index contributed by atoms with van der Waals surface area (Å²) >= 11 is 0. The normalized spacial score (nSPS) is 13.0. The van der Waals surface area contributed by atoms with Crippen molar-refractivity contribution in [2.75, 3.05) is 0 Å². The van der Waals surface area contributed by atoms with Crippen molar-refractivity contribution in [1.82, 2.24) is 0 Å². The van der Waals surface area contributed by atoms with Gasteiger partial charge in [0.2, 0.25) is 0 Å². The second-order valence-electron chi connectivity index (χ2n) is 6.98. The zero-order valence-corrected chi connectivity index (χ0v) is 15.1. The average Bonchev–Trinajstić information content (AvgIpc) is 2.73. The Hall–Kier alpha value is -3.54. The minimum absolute atomic E-state index is 0.0543. The van der Waals surface area contributed by atoms with Gasteiger partial charge in [-0.1, -0.05) is 12.1 Å². The second-order valence-corrected chi connectivity index (χ2v) is 6.98. The number of non-ortho nitro benzene ring substituents is 2. The number of hydrogen-bond donors (Lipinski definition) is 0. The minimum atomic E-state index is -0.409. The highest BCUT2D eigenvalue weighted by Gasteiger charge is 2.17. The Bertz CT molecular complexity index is 971. The third-order valence-corrected chi connectivity index (χ3v) is 5.26. The fraction of sp³-hybridized carbons (Fsp3) is 0.182. The van der Waals surface area contributed by atoms with Gasteiger partial charge in [0, 0.05) is 24.3 Å². The molecule has 0 unspecified atom stereocenters. The Labute approximate surface area is 161 Å². The third-order valence-electron chi connectivity index (χ3n) is 5.26. The van der Waals surface area contributed by atoms with Crippen molar-refractivity contribution >= 4 is 11.4 Å². The molecule has 0 fully saturated rings. The Morgan fingerprint density at radius 1 is 0.607 bits per heavy atom. The van der Waals surface area contributed by atoms with Crippen molar-refractivity contribution in [1.29, 1.82) is 0 Å². The van der Waals surface area contributed by atoms with Gasteiger partial charge in [0.25, 0.3) is 11.4 Å². The van der Waals surface area contributed by atoms with Gasteiger partial charge in [-0.25, -0.2) is 0 Å². The van der Waals surface area contributed by atoms with Gasteiger partial charge in [-0.2, -0.15) is 0 Å². The molecule has 0 N–H and O–H groups in total. The first-order valence-electron chi connectivity index (χ1n) is 9.18. The molecular formula is C22H18N2O4. The molecule has 6 nitrogen and oxygen atoms in total. The van der Waals surface area contributed by atoms with Crippen molar-refractivity contribution in [3.05, 3.63) is 92.0 Å². The third kappa shape index (κ3) is 3.36. The minimum Gasteiger partial charge on any atom is -0.258 e. The molecule has 140 valence electrons. The van der Waals surface area contributed by atoms with Crippen LogP contribution in [-0.2, 0) is 12.8 Å². The van der Waals surface area contributed by atoms with Gasteiger partial charge in [-0.15, -0.1) is 0 Å².